The third-order valence-corrected chi connectivity index (χ3v) is 13.0. The average molecular weight is 605 g/mol. The van der Waals surface area contributed by atoms with Crippen LogP contribution in [0.5, 0.6) is 5.75 Å². The van der Waals surface area contributed by atoms with Gasteiger partial charge in [-0.15, -0.1) is 0 Å². The number of rotatable bonds is 14. The normalized spacial score (nSPS) is 16.2. The second kappa shape index (κ2) is 14.2. The van der Waals surface area contributed by atoms with Gasteiger partial charge < -0.3 is 18.6 Å². The first-order valence-electron chi connectivity index (χ1n) is 15.8. The largest absolute Gasteiger partial charge is 0.543 e. The molecule has 43 heavy (non-hydrogen) atoms. The van der Waals surface area contributed by atoms with E-state index in [9.17, 15) is 0 Å². The summed E-state index contributed by atoms with van der Waals surface area (Å²) in [6.45, 7) is 15.5. The molecule has 5 rings (SSSR count). The van der Waals surface area contributed by atoms with Crippen LogP contribution in [-0.2, 0) is 27.4 Å². The molecule has 9 heteroatoms. The maximum atomic E-state index is 6.68. The second-order valence-corrected chi connectivity index (χ2v) is 17.7. The summed E-state index contributed by atoms with van der Waals surface area (Å²) in [7, 11) is -1.98. The van der Waals surface area contributed by atoms with E-state index in [0.717, 1.165) is 79.8 Å². The smallest absolute Gasteiger partial charge is 0.250 e. The number of aryl methyl sites for hydroxylation is 1. The van der Waals surface area contributed by atoms with E-state index in [1.54, 1.807) is 0 Å². The summed E-state index contributed by atoms with van der Waals surface area (Å²) in [5.41, 5.74) is 4.19. The highest BCUT2D eigenvalue weighted by Crippen LogP contribution is 2.39. The maximum absolute atomic E-state index is 6.68. The van der Waals surface area contributed by atoms with Crippen LogP contribution in [0.2, 0.25) is 18.1 Å². The lowest BCUT2D eigenvalue weighted by molar-refractivity contribution is -0.0365. The van der Waals surface area contributed by atoms with Gasteiger partial charge in [0.2, 0.25) is 8.32 Å². The summed E-state index contributed by atoms with van der Waals surface area (Å²) in [6.07, 6.45) is 9.17. The van der Waals surface area contributed by atoms with Crippen molar-refractivity contribution in [1.82, 2.24) is 19.6 Å². The summed E-state index contributed by atoms with van der Waals surface area (Å²) >= 11 is 0. The van der Waals surface area contributed by atoms with Crippen molar-refractivity contribution in [3.63, 3.8) is 0 Å². The Balaban J connectivity index is 1.20. The average Bonchev–Trinajstić information content (AvgIpc) is 3.61. The van der Waals surface area contributed by atoms with Crippen molar-refractivity contribution in [3.05, 3.63) is 66.5 Å². The third-order valence-electron chi connectivity index (χ3n) is 8.60. The molecule has 0 aliphatic carbocycles. The van der Waals surface area contributed by atoms with E-state index in [4.69, 9.17) is 23.7 Å². The van der Waals surface area contributed by atoms with Crippen molar-refractivity contribution in [2.45, 2.75) is 90.4 Å². The molecule has 0 saturated carbocycles. The van der Waals surface area contributed by atoms with Gasteiger partial charge in [0.05, 0.1) is 31.5 Å². The van der Waals surface area contributed by atoms with Gasteiger partial charge in [-0.25, -0.2) is 4.68 Å². The first-order valence-corrected chi connectivity index (χ1v) is 18.7. The topological polar surface area (TPSA) is 72.6 Å². The Hall–Kier alpha value is -2.98. The Morgan fingerprint density at radius 2 is 1.79 bits per heavy atom. The zero-order valence-corrected chi connectivity index (χ0v) is 27.6. The molecule has 2 aromatic carbocycles. The fourth-order valence-corrected chi connectivity index (χ4v) is 6.07. The summed E-state index contributed by atoms with van der Waals surface area (Å²) < 4.78 is 28.4. The zero-order valence-electron chi connectivity index (χ0n) is 26.6. The summed E-state index contributed by atoms with van der Waals surface area (Å²) in [4.78, 5) is 0. The van der Waals surface area contributed by atoms with Gasteiger partial charge in [-0.3, -0.25) is 4.68 Å². The van der Waals surface area contributed by atoms with Crippen molar-refractivity contribution < 1.29 is 18.6 Å². The molecule has 8 nitrogen and oxygen atoms in total. The Morgan fingerprint density at radius 3 is 2.56 bits per heavy atom. The molecule has 0 spiro atoms. The predicted molar refractivity (Wildman–Crippen MR) is 174 cm³/mol. The van der Waals surface area contributed by atoms with Crippen molar-refractivity contribution in [3.8, 4) is 17.0 Å². The molecule has 1 saturated heterocycles. The van der Waals surface area contributed by atoms with Gasteiger partial charge in [-0.2, -0.15) is 10.2 Å². The highest BCUT2D eigenvalue weighted by atomic mass is 28.4. The van der Waals surface area contributed by atoms with E-state index < -0.39 is 8.32 Å². The molecule has 0 N–H and O–H groups in total. The molecule has 1 atom stereocenters. The molecule has 1 aliphatic rings. The van der Waals surface area contributed by atoms with E-state index in [0.29, 0.717) is 19.8 Å². The lowest BCUT2D eigenvalue weighted by Gasteiger charge is -2.36. The summed E-state index contributed by atoms with van der Waals surface area (Å²) in [6, 6.07) is 16.6. The summed E-state index contributed by atoms with van der Waals surface area (Å²) in [5.74, 6) is 0.905. The lowest BCUT2D eigenvalue weighted by Crippen LogP contribution is -2.43. The van der Waals surface area contributed by atoms with Gasteiger partial charge in [-0.1, -0.05) is 51.1 Å². The first-order chi connectivity index (χ1) is 20.7. The maximum Gasteiger partial charge on any atom is 0.250 e. The number of unbranched alkanes of at least 4 members (excludes halogenated alkanes) is 1. The molecular formula is C34H48N4O4Si. The van der Waals surface area contributed by atoms with Gasteiger partial charge in [0.15, 0.2) is 6.23 Å². The van der Waals surface area contributed by atoms with Crippen LogP contribution in [0.1, 0.15) is 64.7 Å². The summed E-state index contributed by atoms with van der Waals surface area (Å²) in [5, 5.41) is 11.0. The van der Waals surface area contributed by atoms with Crippen molar-refractivity contribution in [2.75, 3.05) is 26.4 Å². The Bertz CT molecular complexity index is 1440. The molecule has 4 aromatic rings. The number of nitrogens with zero attached hydrogens (tertiary/aromatic N) is 4. The van der Waals surface area contributed by atoms with Gasteiger partial charge in [0.25, 0.3) is 0 Å². The van der Waals surface area contributed by atoms with Gasteiger partial charge in [0.1, 0.15) is 11.4 Å². The molecule has 0 amide bonds. The van der Waals surface area contributed by atoms with Crippen molar-refractivity contribution in [2.24, 2.45) is 0 Å². The van der Waals surface area contributed by atoms with Crippen molar-refractivity contribution >= 4 is 19.2 Å². The monoisotopic (exact) mass is 604 g/mol. The highest BCUT2D eigenvalue weighted by Gasteiger charge is 2.39. The van der Waals surface area contributed by atoms with Gasteiger partial charge in [-0.05, 0) is 74.0 Å². The van der Waals surface area contributed by atoms with Crippen LogP contribution in [0.4, 0.5) is 0 Å². The van der Waals surface area contributed by atoms with Crippen LogP contribution in [-0.4, -0.2) is 54.3 Å². The number of benzene rings is 2. The number of fused-ring (bicyclic) bond motifs is 1. The quantitative estimate of drug-likeness (QED) is 0.107. The molecule has 0 bridgehead atoms. The standard InChI is InChI=1S/C34H48N4O4Si/c1-34(2,3)43(4,5)42-29-16-17-31-30(23-29)33(36-38(31)32-15-9-11-20-41-32)28-24-35-37(25-28)18-10-12-19-39-21-22-40-26-27-13-7-6-8-14-27/h6-8,13-14,16-17,23-25,32H,9-12,15,18-22,26H2,1-5H3. The van der Waals surface area contributed by atoms with Gasteiger partial charge >= 0.3 is 0 Å². The van der Waals surface area contributed by atoms with Crippen molar-refractivity contribution in [1.29, 1.82) is 0 Å². The fourth-order valence-electron chi connectivity index (χ4n) is 5.05. The molecule has 3 heterocycles. The lowest BCUT2D eigenvalue weighted by atomic mass is 10.1. The van der Waals surface area contributed by atoms with Crippen LogP contribution >= 0.6 is 0 Å². The van der Waals surface area contributed by atoms with E-state index in [1.807, 2.05) is 29.1 Å². The third kappa shape index (κ3) is 8.15. The molecule has 1 fully saturated rings. The van der Waals surface area contributed by atoms with Crippen LogP contribution in [0.3, 0.4) is 0 Å². The Morgan fingerprint density at radius 1 is 0.977 bits per heavy atom. The molecule has 1 unspecified atom stereocenters. The minimum atomic E-state index is -1.98. The number of ether oxygens (including phenoxy) is 3. The van der Waals surface area contributed by atoms with E-state index in [-0.39, 0.29) is 11.3 Å². The zero-order chi connectivity index (χ0) is 30.3. The van der Waals surface area contributed by atoms with E-state index >= 15 is 0 Å². The minimum Gasteiger partial charge on any atom is -0.543 e. The molecular weight excluding hydrogens is 556 g/mol. The van der Waals surface area contributed by atoms with Crippen LogP contribution in [0, 0.1) is 0 Å². The first kappa shape index (κ1) is 31.4. The SMILES string of the molecule is CC(C)(C)[Si](C)(C)Oc1ccc2c(c1)c(-c1cnn(CCCCOCCOCc3ccccc3)c1)nn2C1CCCCO1. The van der Waals surface area contributed by atoms with E-state index in [2.05, 4.69) is 80.2 Å². The van der Waals surface area contributed by atoms with Crippen LogP contribution in [0.25, 0.3) is 22.2 Å². The molecule has 2 aromatic heterocycles. The Kier molecular flexibility index (Phi) is 10.4. The molecule has 0 radical (unpaired) electrons. The van der Waals surface area contributed by atoms with E-state index in [1.165, 1.54) is 5.56 Å². The highest BCUT2D eigenvalue weighted by molar-refractivity contribution is 6.74. The fraction of sp³-hybridized carbons (Fsp3) is 0.529. The molecule has 232 valence electrons. The number of hydrogen-bond acceptors (Lipinski definition) is 6. The van der Waals surface area contributed by atoms with Crippen LogP contribution < -0.4 is 4.43 Å². The second-order valence-electron chi connectivity index (χ2n) is 13.0. The Labute approximate surface area is 257 Å². The predicted octanol–water partition coefficient (Wildman–Crippen LogP) is 8.00. The molecule has 1 aliphatic heterocycles. The van der Waals surface area contributed by atoms with Gasteiger partial charge in [0, 0.05) is 36.9 Å². The van der Waals surface area contributed by atoms with Crippen LogP contribution in [0.15, 0.2) is 60.9 Å². The minimum absolute atomic E-state index is 0.0454. The number of hydrogen-bond donors (Lipinski definition) is 0. The number of aromatic nitrogens is 4.